The molecule has 2 aromatic carbocycles. The Balaban J connectivity index is 0.000000359. The highest BCUT2D eigenvalue weighted by atomic mass is 16.3. The van der Waals surface area contributed by atoms with Crippen molar-refractivity contribution in [3.8, 4) is 0 Å². The SMILES string of the molecule is C=CC1(C)CCC2c3c(C(=C)C)cc4ccccc4c3C=CC2C1.c1ccoc1. The van der Waals surface area contributed by atoms with Gasteiger partial charge in [0.2, 0.25) is 0 Å². The molecule has 2 aliphatic carbocycles. The van der Waals surface area contributed by atoms with Crippen molar-refractivity contribution in [3.05, 3.63) is 97.0 Å². The predicted octanol–water partition coefficient (Wildman–Crippen LogP) is 8.26. The molecule has 1 nitrogen and oxygen atoms in total. The Bertz CT molecular complexity index is 1040. The van der Waals surface area contributed by atoms with E-state index in [1.54, 1.807) is 18.1 Å². The molecule has 3 unspecified atom stereocenters. The largest absolute Gasteiger partial charge is 0.473 e. The molecule has 0 radical (unpaired) electrons. The molecule has 148 valence electrons. The first-order chi connectivity index (χ1) is 14.0. The summed E-state index contributed by atoms with van der Waals surface area (Å²) in [6.45, 7) is 12.9. The van der Waals surface area contributed by atoms with E-state index in [2.05, 4.69) is 80.0 Å². The van der Waals surface area contributed by atoms with Gasteiger partial charge in [-0.05, 0) is 89.1 Å². The van der Waals surface area contributed by atoms with Crippen molar-refractivity contribution in [2.24, 2.45) is 11.3 Å². The summed E-state index contributed by atoms with van der Waals surface area (Å²) in [5.41, 5.74) is 5.80. The fourth-order valence-electron chi connectivity index (χ4n) is 5.00. The van der Waals surface area contributed by atoms with Crippen LogP contribution >= 0.6 is 0 Å². The molecule has 1 fully saturated rings. The van der Waals surface area contributed by atoms with Gasteiger partial charge >= 0.3 is 0 Å². The molecule has 0 N–H and O–H groups in total. The summed E-state index contributed by atoms with van der Waals surface area (Å²) in [4.78, 5) is 0. The monoisotopic (exact) mass is 382 g/mol. The molecule has 1 heterocycles. The van der Waals surface area contributed by atoms with Crippen LogP contribution in [0.2, 0.25) is 0 Å². The maximum Gasteiger partial charge on any atom is 0.0902 e. The molecule has 1 saturated carbocycles. The van der Waals surface area contributed by atoms with E-state index in [-0.39, 0.29) is 5.41 Å². The van der Waals surface area contributed by atoms with Crippen LogP contribution in [-0.2, 0) is 0 Å². The number of hydrogen-bond donors (Lipinski definition) is 0. The Morgan fingerprint density at radius 2 is 1.93 bits per heavy atom. The van der Waals surface area contributed by atoms with Gasteiger partial charge < -0.3 is 4.42 Å². The molecular weight excluding hydrogens is 352 g/mol. The molecule has 0 amide bonds. The number of allylic oxidation sites excluding steroid dienone is 3. The fraction of sp³-hybridized carbons (Fsp3) is 0.286. The Labute approximate surface area is 174 Å². The summed E-state index contributed by atoms with van der Waals surface area (Å²) in [5.74, 6) is 1.24. The molecule has 0 saturated heterocycles. The Morgan fingerprint density at radius 3 is 2.59 bits per heavy atom. The Hall–Kier alpha value is -2.80. The van der Waals surface area contributed by atoms with Crippen LogP contribution in [0.4, 0.5) is 0 Å². The van der Waals surface area contributed by atoms with Crippen LogP contribution in [0.25, 0.3) is 22.4 Å². The van der Waals surface area contributed by atoms with Gasteiger partial charge in [0.15, 0.2) is 0 Å². The molecule has 0 aliphatic heterocycles. The average Bonchev–Trinajstić information content (AvgIpc) is 3.32. The van der Waals surface area contributed by atoms with Crippen molar-refractivity contribution in [1.82, 2.24) is 0 Å². The van der Waals surface area contributed by atoms with E-state index in [4.69, 9.17) is 0 Å². The average molecular weight is 383 g/mol. The first-order valence-electron chi connectivity index (χ1n) is 10.5. The van der Waals surface area contributed by atoms with Gasteiger partial charge in [-0.1, -0.05) is 61.6 Å². The van der Waals surface area contributed by atoms with E-state index < -0.39 is 0 Å². The lowest BCUT2D eigenvalue weighted by Crippen LogP contribution is -2.30. The van der Waals surface area contributed by atoms with Crippen LogP contribution in [0.15, 0.2) is 84.7 Å². The van der Waals surface area contributed by atoms with E-state index >= 15 is 0 Å². The van der Waals surface area contributed by atoms with Gasteiger partial charge in [-0.15, -0.1) is 6.58 Å². The minimum Gasteiger partial charge on any atom is -0.473 e. The quantitative estimate of drug-likeness (QED) is 0.407. The van der Waals surface area contributed by atoms with Gasteiger partial charge in [0.1, 0.15) is 0 Å². The Morgan fingerprint density at radius 1 is 1.17 bits per heavy atom. The molecule has 1 aromatic heterocycles. The molecule has 1 heteroatoms. The maximum absolute atomic E-state index is 4.58. The van der Waals surface area contributed by atoms with Gasteiger partial charge in [-0.25, -0.2) is 0 Å². The zero-order chi connectivity index (χ0) is 20.4. The number of furan rings is 1. The minimum atomic E-state index is 0.281. The third kappa shape index (κ3) is 3.74. The van der Waals surface area contributed by atoms with Crippen molar-refractivity contribution < 1.29 is 4.42 Å². The molecule has 0 bridgehead atoms. The van der Waals surface area contributed by atoms with Gasteiger partial charge in [0.25, 0.3) is 0 Å². The lowest BCUT2D eigenvalue weighted by molar-refractivity contribution is 0.213. The van der Waals surface area contributed by atoms with Crippen molar-refractivity contribution in [2.75, 3.05) is 0 Å². The fourth-order valence-corrected chi connectivity index (χ4v) is 5.00. The molecule has 3 atom stereocenters. The van der Waals surface area contributed by atoms with Crippen molar-refractivity contribution in [1.29, 1.82) is 0 Å². The first-order valence-corrected chi connectivity index (χ1v) is 10.5. The third-order valence-electron chi connectivity index (χ3n) is 6.64. The second-order valence-electron chi connectivity index (χ2n) is 8.78. The molecular formula is C28H30O. The molecule has 0 spiro atoms. The van der Waals surface area contributed by atoms with Gasteiger partial charge in [0, 0.05) is 0 Å². The zero-order valence-electron chi connectivity index (χ0n) is 17.5. The highest BCUT2D eigenvalue weighted by Crippen LogP contribution is 2.52. The smallest absolute Gasteiger partial charge is 0.0902 e. The van der Waals surface area contributed by atoms with Crippen LogP contribution < -0.4 is 0 Å². The van der Waals surface area contributed by atoms with Crippen molar-refractivity contribution in [3.63, 3.8) is 0 Å². The van der Waals surface area contributed by atoms with Gasteiger partial charge in [0.05, 0.1) is 12.5 Å². The zero-order valence-corrected chi connectivity index (χ0v) is 17.5. The van der Waals surface area contributed by atoms with E-state index in [9.17, 15) is 0 Å². The van der Waals surface area contributed by atoms with Crippen LogP contribution in [0, 0.1) is 11.3 Å². The normalized spacial score (nSPS) is 24.8. The van der Waals surface area contributed by atoms with Crippen LogP contribution in [0.1, 0.15) is 55.7 Å². The van der Waals surface area contributed by atoms with Crippen LogP contribution in [0.3, 0.4) is 0 Å². The predicted molar refractivity (Wildman–Crippen MR) is 125 cm³/mol. The lowest BCUT2D eigenvalue weighted by Gasteiger charge is -2.43. The third-order valence-corrected chi connectivity index (χ3v) is 6.64. The van der Waals surface area contributed by atoms with E-state index in [1.807, 2.05) is 12.1 Å². The maximum atomic E-state index is 4.58. The topological polar surface area (TPSA) is 13.1 Å². The summed E-state index contributed by atoms with van der Waals surface area (Å²) >= 11 is 0. The lowest BCUT2D eigenvalue weighted by atomic mass is 9.61. The van der Waals surface area contributed by atoms with Gasteiger partial charge in [-0.3, -0.25) is 0 Å². The molecule has 2 aliphatic rings. The molecule has 5 rings (SSSR count). The van der Waals surface area contributed by atoms with E-state index in [0.717, 1.165) is 0 Å². The highest BCUT2D eigenvalue weighted by molar-refractivity contribution is 5.96. The Kier molecular flexibility index (Phi) is 5.32. The summed E-state index contributed by atoms with van der Waals surface area (Å²) in [6.07, 6.45) is 13.9. The second-order valence-corrected chi connectivity index (χ2v) is 8.78. The molecule has 29 heavy (non-hydrogen) atoms. The first kappa shape index (κ1) is 19.5. The summed E-state index contributed by atoms with van der Waals surface area (Å²) < 4.78 is 4.58. The number of hydrogen-bond acceptors (Lipinski definition) is 1. The summed E-state index contributed by atoms with van der Waals surface area (Å²) in [7, 11) is 0. The van der Waals surface area contributed by atoms with E-state index in [0.29, 0.717) is 11.8 Å². The highest BCUT2D eigenvalue weighted by Gasteiger charge is 2.38. The summed E-state index contributed by atoms with van der Waals surface area (Å²) in [6, 6.07) is 14.8. The van der Waals surface area contributed by atoms with Crippen molar-refractivity contribution in [2.45, 2.75) is 39.0 Å². The second kappa shape index (κ2) is 7.91. The summed E-state index contributed by atoms with van der Waals surface area (Å²) in [5, 5.41) is 2.70. The van der Waals surface area contributed by atoms with Gasteiger partial charge in [-0.2, -0.15) is 0 Å². The number of benzene rings is 2. The molecule has 3 aromatic rings. The van der Waals surface area contributed by atoms with Crippen LogP contribution in [-0.4, -0.2) is 0 Å². The number of rotatable bonds is 2. The standard InChI is InChI=1S/C24H26.C4H4O/c1-5-24(4)13-12-20-18(15-24)10-11-21-19-9-7-6-8-17(19)14-22(16(2)3)23(20)21;1-2-4-5-3-1/h5-11,14,18,20H,1-2,12-13,15H2,3-4H3;1-4H. The number of fused-ring (bicyclic) bond motifs is 5. The van der Waals surface area contributed by atoms with Crippen LogP contribution in [0.5, 0.6) is 0 Å². The minimum absolute atomic E-state index is 0.281. The van der Waals surface area contributed by atoms with E-state index in [1.165, 1.54) is 46.7 Å². The van der Waals surface area contributed by atoms with Crippen molar-refractivity contribution >= 4 is 22.4 Å².